The minimum absolute atomic E-state index is 0.763. The summed E-state index contributed by atoms with van der Waals surface area (Å²) in [4.78, 5) is 4.77. The van der Waals surface area contributed by atoms with Crippen LogP contribution in [0.15, 0.2) is 103 Å². The zero-order valence-electron chi connectivity index (χ0n) is 16.8. The summed E-state index contributed by atoms with van der Waals surface area (Å²) in [6.07, 6.45) is 4.16. The average Bonchev–Trinajstić information content (AvgIpc) is 3.19. The highest BCUT2D eigenvalue weighted by Crippen LogP contribution is 2.35. The van der Waals surface area contributed by atoms with Crippen LogP contribution in [0.1, 0.15) is 5.56 Å². The first-order chi connectivity index (χ1) is 14.8. The van der Waals surface area contributed by atoms with Gasteiger partial charge in [0.15, 0.2) is 0 Å². The molecule has 2 heterocycles. The van der Waals surface area contributed by atoms with Crippen molar-refractivity contribution >= 4 is 10.9 Å². The van der Waals surface area contributed by atoms with Gasteiger partial charge in [-0.2, -0.15) is 0 Å². The molecule has 0 N–H and O–H groups in total. The second-order valence-corrected chi connectivity index (χ2v) is 7.31. The molecule has 3 aromatic carbocycles. The molecule has 0 saturated carbocycles. The first-order valence-electron chi connectivity index (χ1n) is 10.0. The number of ether oxygens (including phenoxy) is 1. The number of hydrogen-bond acceptors (Lipinski definition) is 2. The maximum atomic E-state index is 5.31. The van der Waals surface area contributed by atoms with E-state index in [4.69, 9.17) is 9.72 Å². The van der Waals surface area contributed by atoms with E-state index < -0.39 is 0 Å². The van der Waals surface area contributed by atoms with Gasteiger partial charge < -0.3 is 9.30 Å². The van der Waals surface area contributed by atoms with Gasteiger partial charge in [-0.3, -0.25) is 4.98 Å². The maximum absolute atomic E-state index is 5.31. The van der Waals surface area contributed by atoms with Crippen molar-refractivity contribution in [3.63, 3.8) is 0 Å². The molecule has 146 valence electrons. The summed E-state index contributed by atoms with van der Waals surface area (Å²) in [5.41, 5.74) is 6.93. The van der Waals surface area contributed by atoms with E-state index in [-0.39, 0.29) is 0 Å². The maximum Gasteiger partial charge on any atom is 0.118 e. The fourth-order valence-corrected chi connectivity index (χ4v) is 3.96. The Labute approximate surface area is 176 Å². The van der Waals surface area contributed by atoms with Crippen LogP contribution in [-0.4, -0.2) is 16.7 Å². The van der Waals surface area contributed by atoms with E-state index in [0.29, 0.717) is 0 Å². The summed E-state index contributed by atoms with van der Waals surface area (Å²) >= 11 is 0. The Bertz CT molecular complexity index is 1270. The summed E-state index contributed by atoms with van der Waals surface area (Å²) in [5.74, 6) is 0.868. The second-order valence-electron chi connectivity index (χ2n) is 7.31. The van der Waals surface area contributed by atoms with Gasteiger partial charge >= 0.3 is 0 Å². The molecule has 0 aliphatic carbocycles. The predicted octanol–water partition coefficient (Wildman–Crippen LogP) is 6.43. The summed E-state index contributed by atoms with van der Waals surface area (Å²) in [6.45, 7) is 0.763. The SMILES string of the molecule is COc1ccc(Cn2cc(-c3ccccc3)c3ccnc(-c4ccccc4)c32)cc1. The molecule has 0 bridgehead atoms. The standard InChI is InChI=1S/C27H22N2O/c1-30-23-14-12-20(13-15-23)18-29-19-25(21-8-4-2-5-9-21)24-16-17-28-26(27(24)29)22-10-6-3-7-11-22/h2-17,19H,18H2,1H3. The summed E-state index contributed by atoms with van der Waals surface area (Å²) in [6, 6.07) is 31.3. The van der Waals surface area contributed by atoms with Crippen LogP contribution in [0.5, 0.6) is 5.75 Å². The van der Waals surface area contributed by atoms with E-state index in [1.165, 1.54) is 22.1 Å². The van der Waals surface area contributed by atoms with Gasteiger partial charge in [-0.1, -0.05) is 72.8 Å². The third-order valence-corrected chi connectivity index (χ3v) is 5.43. The van der Waals surface area contributed by atoms with Crippen LogP contribution in [-0.2, 0) is 6.54 Å². The Hall–Kier alpha value is -3.85. The van der Waals surface area contributed by atoms with Gasteiger partial charge in [-0.05, 0) is 29.3 Å². The predicted molar refractivity (Wildman–Crippen MR) is 123 cm³/mol. The third-order valence-electron chi connectivity index (χ3n) is 5.43. The average molecular weight is 390 g/mol. The summed E-state index contributed by atoms with van der Waals surface area (Å²) in [5, 5.41) is 1.21. The first kappa shape index (κ1) is 18.2. The molecule has 5 rings (SSSR count). The van der Waals surface area contributed by atoms with Crippen molar-refractivity contribution in [2.24, 2.45) is 0 Å². The zero-order valence-corrected chi connectivity index (χ0v) is 16.8. The van der Waals surface area contributed by atoms with Crippen molar-refractivity contribution in [1.82, 2.24) is 9.55 Å². The Balaban J connectivity index is 1.71. The molecule has 3 heteroatoms. The lowest BCUT2D eigenvalue weighted by Crippen LogP contribution is -2.00. The monoisotopic (exact) mass is 390 g/mol. The summed E-state index contributed by atoms with van der Waals surface area (Å²) in [7, 11) is 1.69. The fraction of sp³-hybridized carbons (Fsp3) is 0.0741. The van der Waals surface area contributed by atoms with Crippen LogP contribution in [0.2, 0.25) is 0 Å². The van der Waals surface area contributed by atoms with E-state index in [2.05, 4.69) is 83.6 Å². The lowest BCUT2D eigenvalue weighted by atomic mass is 10.0. The number of methoxy groups -OCH3 is 1. The van der Waals surface area contributed by atoms with Gasteiger partial charge in [0.05, 0.1) is 18.3 Å². The molecule has 0 amide bonds. The molecule has 2 aromatic heterocycles. The van der Waals surface area contributed by atoms with Crippen LogP contribution in [0.4, 0.5) is 0 Å². The molecule has 0 atom stereocenters. The Morgan fingerprint density at radius 1 is 0.767 bits per heavy atom. The Morgan fingerprint density at radius 3 is 2.10 bits per heavy atom. The molecule has 0 fully saturated rings. The molecule has 0 unspecified atom stereocenters. The normalized spacial score (nSPS) is 11.0. The van der Waals surface area contributed by atoms with Gasteiger partial charge in [-0.15, -0.1) is 0 Å². The van der Waals surface area contributed by atoms with E-state index in [1.807, 2.05) is 24.4 Å². The number of pyridine rings is 1. The van der Waals surface area contributed by atoms with Crippen LogP contribution in [0.25, 0.3) is 33.3 Å². The van der Waals surface area contributed by atoms with Crippen LogP contribution >= 0.6 is 0 Å². The molecule has 30 heavy (non-hydrogen) atoms. The number of rotatable bonds is 5. The molecular weight excluding hydrogens is 368 g/mol. The zero-order chi connectivity index (χ0) is 20.3. The lowest BCUT2D eigenvalue weighted by molar-refractivity contribution is 0.414. The number of aromatic nitrogens is 2. The minimum atomic E-state index is 0.763. The number of nitrogens with zero attached hydrogens (tertiary/aromatic N) is 2. The Kier molecular flexibility index (Phi) is 4.78. The fourth-order valence-electron chi connectivity index (χ4n) is 3.96. The number of benzene rings is 3. The quantitative estimate of drug-likeness (QED) is 0.346. The van der Waals surface area contributed by atoms with Gasteiger partial charge in [0.25, 0.3) is 0 Å². The topological polar surface area (TPSA) is 27.1 Å². The lowest BCUT2D eigenvalue weighted by Gasteiger charge is -2.10. The Morgan fingerprint density at radius 2 is 1.43 bits per heavy atom. The molecule has 0 radical (unpaired) electrons. The van der Waals surface area contributed by atoms with Crippen molar-refractivity contribution < 1.29 is 4.74 Å². The summed E-state index contributed by atoms with van der Waals surface area (Å²) < 4.78 is 7.63. The van der Waals surface area contributed by atoms with E-state index in [0.717, 1.165) is 29.1 Å². The molecule has 5 aromatic rings. The van der Waals surface area contributed by atoms with Gasteiger partial charge in [-0.25, -0.2) is 0 Å². The molecule has 0 saturated heterocycles. The van der Waals surface area contributed by atoms with Crippen LogP contribution in [0.3, 0.4) is 0 Å². The van der Waals surface area contributed by atoms with Crippen molar-refractivity contribution in [3.8, 4) is 28.1 Å². The smallest absolute Gasteiger partial charge is 0.118 e. The van der Waals surface area contributed by atoms with E-state index in [1.54, 1.807) is 7.11 Å². The van der Waals surface area contributed by atoms with Gasteiger partial charge in [0.2, 0.25) is 0 Å². The largest absolute Gasteiger partial charge is 0.497 e. The second kappa shape index (κ2) is 7.88. The van der Waals surface area contributed by atoms with E-state index in [9.17, 15) is 0 Å². The van der Waals surface area contributed by atoms with Gasteiger partial charge in [0.1, 0.15) is 5.75 Å². The number of hydrogen-bond donors (Lipinski definition) is 0. The molecule has 0 spiro atoms. The van der Waals surface area contributed by atoms with Crippen LogP contribution in [0, 0.1) is 0 Å². The van der Waals surface area contributed by atoms with Crippen LogP contribution < -0.4 is 4.74 Å². The van der Waals surface area contributed by atoms with Crippen molar-refractivity contribution in [1.29, 1.82) is 0 Å². The molecule has 0 aliphatic heterocycles. The van der Waals surface area contributed by atoms with Crippen molar-refractivity contribution in [2.75, 3.05) is 7.11 Å². The molecule has 3 nitrogen and oxygen atoms in total. The molecule has 0 aliphatic rings. The first-order valence-corrected chi connectivity index (χ1v) is 10.0. The molecular formula is C27H22N2O. The minimum Gasteiger partial charge on any atom is -0.497 e. The number of fused-ring (bicyclic) bond motifs is 1. The van der Waals surface area contributed by atoms with E-state index >= 15 is 0 Å². The van der Waals surface area contributed by atoms with Crippen molar-refractivity contribution in [2.45, 2.75) is 6.54 Å². The van der Waals surface area contributed by atoms with Gasteiger partial charge in [0, 0.05) is 35.5 Å². The highest BCUT2D eigenvalue weighted by atomic mass is 16.5. The van der Waals surface area contributed by atoms with Crippen molar-refractivity contribution in [3.05, 3.63) is 109 Å². The third kappa shape index (κ3) is 3.35. The highest BCUT2D eigenvalue weighted by molar-refractivity contribution is 6.02. The highest BCUT2D eigenvalue weighted by Gasteiger charge is 2.16.